The second-order valence-corrected chi connectivity index (χ2v) is 4.92. The molecule has 3 N–H and O–H groups in total. The maximum absolute atomic E-state index is 5.66. The number of nitrogens with one attached hydrogen (secondary N) is 1. The molecule has 0 fully saturated rings. The first-order chi connectivity index (χ1) is 10.6. The smallest absolute Gasteiger partial charge is 0.234 e. The number of benzene rings is 2. The van der Waals surface area contributed by atoms with Gasteiger partial charge in [0.15, 0.2) is 0 Å². The van der Waals surface area contributed by atoms with E-state index in [0.29, 0.717) is 0 Å². The van der Waals surface area contributed by atoms with E-state index < -0.39 is 0 Å². The van der Waals surface area contributed by atoms with Crippen molar-refractivity contribution in [2.24, 2.45) is 21.0 Å². The van der Waals surface area contributed by atoms with Gasteiger partial charge in [-0.3, -0.25) is 0 Å². The van der Waals surface area contributed by atoms with Gasteiger partial charge in [-0.1, -0.05) is 59.7 Å². The lowest BCUT2D eigenvalue weighted by Crippen LogP contribution is -2.26. The van der Waals surface area contributed by atoms with Crippen molar-refractivity contribution < 1.29 is 0 Å². The Labute approximate surface area is 142 Å². The van der Waals surface area contributed by atoms with Gasteiger partial charge < -0.3 is 5.73 Å². The SMILES string of the molecule is Cc1ccc(C=NN=C(N)NN=Cc2ccc(C)cc2)cc1.Cl. The van der Waals surface area contributed by atoms with Crippen molar-refractivity contribution in [1.29, 1.82) is 0 Å². The lowest BCUT2D eigenvalue weighted by molar-refractivity contribution is 0.994. The largest absolute Gasteiger partial charge is 0.367 e. The third-order valence-electron chi connectivity index (χ3n) is 2.92. The summed E-state index contributed by atoms with van der Waals surface area (Å²) < 4.78 is 0. The minimum absolute atomic E-state index is 0. The lowest BCUT2D eigenvalue weighted by atomic mass is 10.2. The molecule has 5 nitrogen and oxygen atoms in total. The van der Waals surface area contributed by atoms with Crippen molar-refractivity contribution in [2.75, 3.05) is 0 Å². The van der Waals surface area contributed by atoms with Crippen LogP contribution in [0, 0.1) is 13.8 Å². The lowest BCUT2D eigenvalue weighted by Gasteiger charge is -1.97. The van der Waals surface area contributed by atoms with Crippen LogP contribution in [0.1, 0.15) is 22.3 Å². The summed E-state index contributed by atoms with van der Waals surface area (Å²) in [6, 6.07) is 15.9. The minimum atomic E-state index is 0. The minimum Gasteiger partial charge on any atom is -0.367 e. The van der Waals surface area contributed by atoms with Gasteiger partial charge in [0.2, 0.25) is 5.96 Å². The molecule has 2 aromatic rings. The molecular weight excluding hydrogens is 310 g/mol. The van der Waals surface area contributed by atoms with Gasteiger partial charge in [-0.05, 0) is 25.0 Å². The molecule has 6 heteroatoms. The molecule has 0 atom stereocenters. The van der Waals surface area contributed by atoms with E-state index in [-0.39, 0.29) is 18.4 Å². The number of hydrogen-bond donors (Lipinski definition) is 2. The predicted molar refractivity (Wildman–Crippen MR) is 99.6 cm³/mol. The van der Waals surface area contributed by atoms with Crippen LogP contribution >= 0.6 is 12.4 Å². The molecule has 0 spiro atoms. The summed E-state index contributed by atoms with van der Waals surface area (Å²) in [6.45, 7) is 4.07. The fourth-order valence-corrected chi connectivity index (χ4v) is 1.66. The van der Waals surface area contributed by atoms with Crippen molar-refractivity contribution in [2.45, 2.75) is 13.8 Å². The Morgan fingerprint density at radius 2 is 1.35 bits per heavy atom. The van der Waals surface area contributed by atoms with Gasteiger partial charge >= 0.3 is 0 Å². The van der Waals surface area contributed by atoms with Gasteiger partial charge in [0.25, 0.3) is 0 Å². The number of rotatable bonds is 4. The molecule has 0 unspecified atom stereocenters. The molecule has 0 aromatic heterocycles. The van der Waals surface area contributed by atoms with Gasteiger partial charge in [-0.25, -0.2) is 5.43 Å². The van der Waals surface area contributed by atoms with Crippen molar-refractivity contribution in [3.8, 4) is 0 Å². The molecule has 0 heterocycles. The second kappa shape index (κ2) is 9.38. The summed E-state index contributed by atoms with van der Waals surface area (Å²) in [5, 5.41) is 11.7. The summed E-state index contributed by atoms with van der Waals surface area (Å²) in [4.78, 5) is 0. The van der Waals surface area contributed by atoms with Gasteiger partial charge in [-0.2, -0.15) is 10.2 Å². The van der Waals surface area contributed by atoms with Crippen LogP contribution in [-0.4, -0.2) is 18.4 Å². The van der Waals surface area contributed by atoms with E-state index in [9.17, 15) is 0 Å². The van der Waals surface area contributed by atoms with E-state index in [1.807, 2.05) is 62.4 Å². The van der Waals surface area contributed by atoms with Gasteiger partial charge in [0, 0.05) is 0 Å². The monoisotopic (exact) mass is 329 g/mol. The third-order valence-corrected chi connectivity index (χ3v) is 2.92. The Morgan fingerprint density at radius 1 is 0.870 bits per heavy atom. The molecule has 0 aliphatic rings. The molecule has 0 bridgehead atoms. The zero-order valence-electron chi connectivity index (χ0n) is 13.1. The fourth-order valence-electron chi connectivity index (χ4n) is 1.66. The Balaban J connectivity index is 0.00000264. The summed E-state index contributed by atoms with van der Waals surface area (Å²) >= 11 is 0. The van der Waals surface area contributed by atoms with Gasteiger partial charge in [0.1, 0.15) is 0 Å². The molecule has 0 aliphatic heterocycles. The number of nitrogens with two attached hydrogens (primary N) is 1. The summed E-state index contributed by atoms with van der Waals surface area (Å²) in [7, 11) is 0. The molecule has 23 heavy (non-hydrogen) atoms. The number of guanidine groups is 1. The van der Waals surface area contributed by atoms with Crippen molar-refractivity contribution in [1.82, 2.24) is 5.43 Å². The van der Waals surface area contributed by atoms with Crippen LogP contribution in [0.2, 0.25) is 0 Å². The van der Waals surface area contributed by atoms with E-state index in [2.05, 4.69) is 20.7 Å². The van der Waals surface area contributed by atoms with Crippen LogP contribution in [0.25, 0.3) is 0 Å². The average molecular weight is 330 g/mol. The highest BCUT2D eigenvalue weighted by molar-refractivity contribution is 5.85. The predicted octanol–water partition coefficient (Wildman–Crippen LogP) is 3.00. The van der Waals surface area contributed by atoms with Gasteiger partial charge in [-0.15, -0.1) is 17.5 Å². The number of hydrazone groups is 1. The Hall–Kier alpha value is -2.66. The maximum Gasteiger partial charge on any atom is 0.234 e. The van der Waals surface area contributed by atoms with E-state index >= 15 is 0 Å². The standard InChI is InChI=1S/C17H19N5.ClH/c1-13-3-7-15(8-4-13)11-19-21-17(18)22-20-12-16-9-5-14(2)6-10-16;/h3-12H,1-2H3,(H3,18,21,22);1H. The molecule has 2 rings (SSSR count). The quantitative estimate of drug-likeness (QED) is 0.514. The molecule has 0 radical (unpaired) electrons. The highest BCUT2D eigenvalue weighted by atomic mass is 35.5. The number of hydrogen-bond acceptors (Lipinski definition) is 3. The van der Waals surface area contributed by atoms with E-state index in [4.69, 9.17) is 5.73 Å². The van der Waals surface area contributed by atoms with Gasteiger partial charge in [0.05, 0.1) is 12.4 Å². The maximum atomic E-state index is 5.66. The molecule has 0 saturated heterocycles. The second-order valence-electron chi connectivity index (χ2n) is 4.92. The summed E-state index contributed by atoms with van der Waals surface area (Å²) in [5.41, 5.74) is 12.6. The van der Waals surface area contributed by atoms with Crippen molar-refractivity contribution >= 4 is 30.8 Å². The zero-order valence-corrected chi connectivity index (χ0v) is 13.9. The topological polar surface area (TPSA) is 75.1 Å². The van der Waals surface area contributed by atoms with Crippen LogP contribution in [0.3, 0.4) is 0 Å². The van der Waals surface area contributed by atoms with Crippen LogP contribution in [-0.2, 0) is 0 Å². The Morgan fingerprint density at radius 3 is 1.87 bits per heavy atom. The molecule has 0 saturated carbocycles. The first-order valence-electron chi connectivity index (χ1n) is 6.92. The van der Waals surface area contributed by atoms with E-state index in [1.54, 1.807) is 12.4 Å². The summed E-state index contributed by atoms with van der Waals surface area (Å²) in [6.07, 6.45) is 3.31. The molecule has 2 aromatic carbocycles. The molecular formula is C17H20ClN5. The summed E-state index contributed by atoms with van der Waals surface area (Å²) in [5.74, 6) is 0.131. The highest BCUT2D eigenvalue weighted by Gasteiger charge is 1.89. The van der Waals surface area contributed by atoms with E-state index in [0.717, 1.165) is 11.1 Å². The van der Waals surface area contributed by atoms with Crippen LogP contribution < -0.4 is 11.2 Å². The zero-order chi connectivity index (χ0) is 15.8. The number of aryl methyl sites for hydroxylation is 2. The van der Waals surface area contributed by atoms with E-state index in [1.165, 1.54) is 11.1 Å². The van der Waals surface area contributed by atoms with Crippen molar-refractivity contribution in [3.63, 3.8) is 0 Å². The van der Waals surface area contributed by atoms with Crippen LogP contribution in [0.15, 0.2) is 63.8 Å². The first-order valence-corrected chi connectivity index (χ1v) is 6.92. The van der Waals surface area contributed by atoms with Crippen LogP contribution in [0.4, 0.5) is 0 Å². The fraction of sp³-hybridized carbons (Fsp3) is 0.118. The average Bonchev–Trinajstić information content (AvgIpc) is 2.51. The first kappa shape index (κ1) is 18.4. The normalized spacial score (nSPS) is 11.7. The van der Waals surface area contributed by atoms with Crippen LogP contribution in [0.5, 0.6) is 0 Å². The molecule has 120 valence electrons. The Bertz CT molecular complexity index is 688. The third kappa shape index (κ3) is 6.76. The number of halogens is 1. The highest BCUT2D eigenvalue weighted by Crippen LogP contribution is 2.00. The number of nitrogens with zero attached hydrogens (tertiary/aromatic N) is 3. The van der Waals surface area contributed by atoms with Crippen molar-refractivity contribution in [3.05, 3.63) is 70.8 Å². The Kier molecular flexibility index (Phi) is 7.50. The molecule has 0 amide bonds. The molecule has 0 aliphatic carbocycles.